The van der Waals surface area contributed by atoms with E-state index in [-0.39, 0.29) is 35.5 Å². The number of rotatable bonds is 4. The Bertz CT molecular complexity index is 1330. The first-order valence-corrected chi connectivity index (χ1v) is 11.9. The first-order valence-electron chi connectivity index (χ1n) is 11.9. The zero-order valence-corrected chi connectivity index (χ0v) is 19.8. The van der Waals surface area contributed by atoms with Gasteiger partial charge in [-0.3, -0.25) is 19.3 Å². The van der Waals surface area contributed by atoms with E-state index in [1.165, 1.54) is 4.68 Å². The van der Waals surface area contributed by atoms with Crippen LogP contribution in [0.1, 0.15) is 24.3 Å². The summed E-state index contributed by atoms with van der Waals surface area (Å²) in [6.45, 7) is 6.35. The lowest BCUT2D eigenvalue weighted by Gasteiger charge is -2.37. The molecule has 3 aromatic rings. The van der Waals surface area contributed by atoms with Gasteiger partial charge in [-0.1, -0.05) is 44.2 Å². The second-order valence-corrected chi connectivity index (χ2v) is 9.20. The summed E-state index contributed by atoms with van der Waals surface area (Å²) in [7, 11) is 0. The first kappa shape index (κ1) is 23.0. The Morgan fingerprint density at radius 3 is 2.46 bits per heavy atom. The Morgan fingerprint density at radius 1 is 1.03 bits per heavy atom. The molecule has 1 saturated heterocycles. The molecule has 0 radical (unpaired) electrons. The Morgan fingerprint density at radius 2 is 1.71 bits per heavy atom. The van der Waals surface area contributed by atoms with E-state index in [0.29, 0.717) is 55.1 Å². The molecular formula is C26H28N4O5. The molecule has 0 spiro atoms. The summed E-state index contributed by atoms with van der Waals surface area (Å²) < 4.78 is 12.8. The fourth-order valence-corrected chi connectivity index (χ4v) is 4.53. The third-order valence-electron chi connectivity index (χ3n) is 6.23. The van der Waals surface area contributed by atoms with Crippen LogP contribution in [0.5, 0.6) is 5.75 Å². The molecule has 1 atom stereocenters. The SMILES string of the molecule is CC(C)Cn1nc(C(=O)N2C[C@@H](C(=O)N3CCOCC3)Oc3ccccc32)c2ccccc2c1=O. The van der Waals surface area contributed by atoms with Gasteiger partial charge in [0.05, 0.1) is 30.8 Å². The van der Waals surface area contributed by atoms with Crippen molar-refractivity contribution in [2.45, 2.75) is 26.5 Å². The Labute approximate surface area is 202 Å². The van der Waals surface area contributed by atoms with Gasteiger partial charge in [0.2, 0.25) is 0 Å². The fourth-order valence-electron chi connectivity index (χ4n) is 4.53. The smallest absolute Gasteiger partial charge is 0.279 e. The molecule has 0 unspecified atom stereocenters. The summed E-state index contributed by atoms with van der Waals surface area (Å²) in [5, 5.41) is 5.44. The molecule has 182 valence electrons. The van der Waals surface area contributed by atoms with Gasteiger partial charge in [0.15, 0.2) is 11.8 Å². The summed E-state index contributed by atoms with van der Waals surface area (Å²) in [4.78, 5) is 43.5. The number of carbonyl (C=O) groups excluding carboxylic acids is 2. The van der Waals surface area contributed by atoms with Gasteiger partial charge in [0.1, 0.15) is 5.75 Å². The quantitative estimate of drug-likeness (QED) is 0.574. The van der Waals surface area contributed by atoms with E-state index in [2.05, 4.69) is 5.10 Å². The van der Waals surface area contributed by atoms with Crippen LogP contribution in [0.25, 0.3) is 10.8 Å². The minimum atomic E-state index is -0.847. The molecule has 35 heavy (non-hydrogen) atoms. The van der Waals surface area contributed by atoms with E-state index in [9.17, 15) is 14.4 Å². The van der Waals surface area contributed by atoms with Crippen molar-refractivity contribution in [1.29, 1.82) is 0 Å². The minimum absolute atomic E-state index is 0.0470. The van der Waals surface area contributed by atoms with Crippen molar-refractivity contribution in [1.82, 2.24) is 14.7 Å². The molecule has 2 aromatic carbocycles. The van der Waals surface area contributed by atoms with Gasteiger partial charge in [-0.15, -0.1) is 0 Å². The molecule has 1 fully saturated rings. The largest absolute Gasteiger partial charge is 0.476 e. The van der Waals surface area contributed by atoms with Gasteiger partial charge in [-0.25, -0.2) is 4.68 Å². The summed E-state index contributed by atoms with van der Waals surface area (Å²) >= 11 is 0. The standard InChI is InChI=1S/C26H28N4O5/c1-17(2)15-30-24(31)19-8-4-3-7-18(19)23(27-30)26(33)29-16-22(25(32)28-11-13-34-14-12-28)35-21-10-6-5-9-20(21)29/h3-10,17,22H,11-16H2,1-2H3/t22-/m0/s1. The van der Waals surface area contributed by atoms with Crippen LogP contribution in [0.2, 0.25) is 0 Å². The first-order chi connectivity index (χ1) is 16.9. The maximum atomic E-state index is 14.0. The number of aromatic nitrogens is 2. The predicted octanol–water partition coefficient (Wildman–Crippen LogP) is 2.32. The van der Waals surface area contributed by atoms with E-state index in [4.69, 9.17) is 9.47 Å². The van der Waals surface area contributed by atoms with Crippen LogP contribution in [0, 0.1) is 5.92 Å². The molecule has 0 saturated carbocycles. The monoisotopic (exact) mass is 476 g/mol. The van der Waals surface area contributed by atoms with Crippen molar-refractivity contribution in [3.05, 3.63) is 64.6 Å². The highest BCUT2D eigenvalue weighted by atomic mass is 16.5. The highest BCUT2D eigenvalue weighted by molar-refractivity contribution is 6.13. The van der Waals surface area contributed by atoms with E-state index >= 15 is 0 Å². The molecular weight excluding hydrogens is 448 g/mol. The van der Waals surface area contributed by atoms with Crippen LogP contribution in [-0.4, -0.2) is 65.4 Å². The molecule has 0 N–H and O–H groups in total. The summed E-state index contributed by atoms with van der Waals surface area (Å²) in [6.07, 6.45) is -0.847. The molecule has 0 aliphatic carbocycles. The molecule has 1 aromatic heterocycles. The lowest BCUT2D eigenvalue weighted by Crippen LogP contribution is -2.54. The van der Waals surface area contributed by atoms with Crippen LogP contribution in [-0.2, 0) is 16.1 Å². The van der Waals surface area contributed by atoms with Crippen LogP contribution in [0.3, 0.4) is 0 Å². The Kier molecular flexibility index (Phi) is 6.25. The molecule has 2 amide bonds. The molecule has 2 aliphatic rings. The van der Waals surface area contributed by atoms with E-state index in [0.717, 1.165) is 0 Å². The van der Waals surface area contributed by atoms with Gasteiger partial charge in [0.25, 0.3) is 17.4 Å². The van der Waals surface area contributed by atoms with Crippen LogP contribution < -0.4 is 15.2 Å². The number of hydrogen-bond acceptors (Lipinski definition) is 6. The fraction of sp³-hybridized carbons (Fsp3) is 0.385. The lowest BCUT2D eigenvalue weighted by molar-refractivity contribution is -0.142. The van der Waals surface area contributed by atoms with Crippen molar-refractivity contribution in [2.75, 3.05) is 37.7 Å². The van der Waals surface area contributed by atoms with Gasteiger partial charge >= 0.3 is 0 Å². The van der Waals surface area contributed by atoms with E-state index < -0.39 is 6.10 Å². The maximum absolute atomic E-state index is 14.0. The number of hydrogen-bond donors (Lipinski definition) is 0. The average Bonchev–Trinajstić information content (AvgIpc) is 2.89. The van der Waals surface area contributed by atoms with Crippen molar-refractivity contribution >= 4 is 28.3 Å². The van der Waals surface area contributed by atoms with Gasteiger partial charge in [-0.2, -0.15) is 5.10 Å². The number of carbonyl (C=O) groups is 2. The Hall–Kier alpha value is -3.72. The molecule has 2 aliphatic heterocycles. The number of amides is 2. The zero-order chi connectivity index (χ0) is 24.5. The van der Waals surface area contributed by atoms with Crippen molar-refractivity contribution < 1.29 is 19.1 Å². The van der Waals surface area contributed by atoms with Gasteiger partial charge in [-0.05, 0) is 24.1 Å². The highest BCUT2D eigenvalue weighted by Gasteiger charge is 2.37. The van der Waals surface area contributed by atoms with Crippen LogP contribution in [0.4, 0.5) is 5.69 Å². The van der Waals surface area contributed by atoms with Crippen molar-refractivity contribution in [3.8, 4) is 5.75 Å². The van der Waals surface area contributed by atoms with Gasteiger partial charge < -0.3 is 14.4 Å². The van der Waals surface area contributed by atoms with Crippen LogP contribution in [0.15, 0.2) is 53.3 Å². The third kappa shape index (κ3) is 4.39. The molecule has 9 nitrogen and oxygen atoms in total. The number of benzene rings is 2. The predicted molar refractivity (Wildman–Crippen MR) is 131 cm³/mol. The molecule has 3 heterocycles. The molecule has 9 heteroatoms. The number of morpholine rings is 1. The van der Waals surface area contributed by atoms with Crippen molar-refractivity contribution in [2.24, 2.45) is 5.92 Å². The minimum Gasteiger partial charge on any atom is -0.476 e. The number of anilines is 1. The topological polar surface area (TPSA) is 94.0 Å². The third-order valence-corrected chi connectivity index (χ3v) is 6.23. The summed E-state index contributed by atoms with van der Waals surface area (Å²) in [5.74, 6) is 0.0694. The maximum Gasteiger partial charge on any atom is 0.279 e. The highest BCUT2D eigenvalue weighted by Crippen LogP contribution is 2.35. The van der Waals surface area contributed by atoms with Crippen LogP contribution >= 0.6 is 0 Å². The van der Waals surface area contributed by atoms with Crippen molar-refractivity contribution in [3.63, 3.8) is 0 Å². The molecule has 0 bridgehead atoms. The number of fused-ring (bicyclic) bond motifs is 2. The lowest BCUT2D eigenvalue weighted by atomic mass is 10.1. The number of ether oxygens (including phenoxy) is 2. The zero-order valence-electron chi connectivity index (χ0n) is 19.8. The second-order valence-electron chi connectivity index (χ2n) is 9.20. The Balaban J connectivity index is 1.57. The second kappa shape index (κ2) is 9.50. The van der Waals surface area contributed by atoms with E-state index in [1.807, 2.05) is 19.9 Å². The van der Waals surface area contributed by atoms with E-state index in [1.54, 1.807) is 52.3 Å². The normalized spacial score (nSPS) is 17.9. The summed E-state index contributed by atoms with van der Waals surface area (Å²) in [6, 6.07) is 14.2. The average molecular weight is 477 g/mol. The van der Waals surface area contributed by atoms with Gasteiger partial charge in [0, 0.05) is 25.0 Å². The summed E-state index contributed by atoms with van der Waals surface area (Å²) in [5.41, 5.74) is 0.514. The molecule has 5 rings (SSSR count). The number of para-hydroxylation sites is 2. The number of nitrogens with zero attached hydrogens (tertiary/aromatic N) is 4.